The van der Waals surface area contributed by atoms with Crippen LogP contribution in [0.25, 0.3) is 0 Å². The van der Waals surface area contributed by atoms with Crippen molar-refractivity contribution in [3.05, 3.63) is 42.8 Å². The van der Waals surface area contributed by atoms with Crippen molar-refractivity contribution in [1.29, 1.82) is 0 Å². The van der Waals surface area contributed by atoms with Crippen molar-refractivity contribution in [3.8, 4) is 17.2 Å². The molecule has 0 atom stereocenters. The van der Waals surface area contributed by atoms with Gasteiger partial charge in [0, 0.05) is 11.6 Å². The van der Waals surface area contributed by atoms with E-state index in [9.17, 15) is 14.7 Å². The standard InChI is InChI=1S/C18H14Cl5NO5/c1-6(2)8-3-7(4-9(19)17(8)28)29-18-14(22)12(20)16(13(21)15(18)23)24-10(25)5-11(26)27/h3-4,6,28H,5H2,1-2H3,(H,24,25)(H,26,27). The zero-order chi connectivity index (χ0) is 22.0. The molecular formula is C18H14Cl5NO5. The molecule has 156 valence electrons. The Morgan fingerprint density at radius 3 is 2.07 bits per heavy atom. The first-order chi connectivity index (χ1) is 13.4. The highest BCUT2D eigenvalue weighted by Gasteiger charge is 2.24. The summed E-state index contributed by atoms with van der Waals surface area (Å²) in [5.41, 5.74) is 0.392. The van der Waals surface area contributed by atoms with Gasteiger partial charge >= 0.3 is 5.97 Å². The quantitative estimate of drug-likeness (QED) is 0.293. The summed E-state index contributed by atoms with van der Waals surface area (Å²) in [6, 6.07) is 2.92. The van der Waals surface area contributed by atoms with Crippen molar-refractivity contribution < 1.29 is 24.5 Å². The minimum atomic E-state index is -1.34. The van der Waals surface area contributed by atoms with Gasteiger partial charge in [-0.15, -0.1) is 0 Å². The monoisotopic (exact) mass is 499 g/mol. The third-order valence-corrected chi connectivity index (χ3v) is 5.67. The first-order valence-corrected chi connectivity index (χ1v) is 9.90. The Morgan fingerprint density at radius 2 is 1.59 bits per heavy atom. The molecule has 0 radical (unpaired) electrons. The van der Waals surface area contributed by atoms with E-state index in [1.807, 2.05) is 13.8 Å². The van der Waals surface area contributed by atoms with Crippen LogP contribution in [0, 0.1) is 0 Å². The number of halogens is 5. The number of aromatic hydroxyl groups is 1. The fourth-order valence-electron chi connectivity index (χ4n) is 2.34. The van der Waals surface area contributed by atoms with Crippen LogP contribution in [0.1, 0.15) is 31.7 Å². The maximum atomic E-state index is 11.7. The van der Waals surface area contributed by atoms with Crippen LogP contribution in [-0.4, -0.2) is 22.1 Å². The molecule has 2 rings (SSSR count). The lowest BCUT2D eigenvalue weighted by atomic mass is 10.0. The number of ether oxygens (including phenoxy) is 1. The summed E-state index contributed by atoms with van der Waals surface area (Å²) in [5, 5.41) is 20.4. The van der Waals surface area contributed by atoms with Crippen molar-refractivity contribution in [3.63, 3.8) is 0 Å². The third kappa shape index (κ3) is 5.32. The molecule has 0 aliphatic rings. The Bertz CT molecular complexity index is 964. The maximum Gasteiger partial charge on any atom is 0.312 e. The van der Waals surface area contributed by atoms with Gasteiger partial charge in [0.05, 0.1) is 20.8 Å². The van der Waals surface area contributed by atoms with E-state index < -0.39 is 18.3 Å². The molecule has 0 aliphatic carbocycles. The van der Waals surface area contributed by atoms with Gasteiger partial charge in [0.1, 0.15) is 28.0 Å². The van der Waals surface area contributed by atoms with E-state index in [1.54, 1.807) is 6.07 Å². The number of aliphatic carboxylic acids is 1. The van der Waals surface area contributed by atoms with E-state index in [-0.39, 0.29) is 54.0 Å². The molecular weight excluding hydrogens is 487 g/mol. The first kappa shape index (κ1) is 23.7. The van der Waals surface area contributed by atoms with Crippen molar-refractivity contribution in [1.82, 2.24) is 0 Å². The number of phenolic OH excluding ortho intramolecular Hbond substituents is 1. The number of carboxylic acid groups (broad SMARTS) is 1. The van der Waals surface area contributed by atoms with Gasteiger partial charge in [0.25, 0.3) is 0 Å². The number of anilines is 1. The van der Waals surface area contributed by atoms with Crippen LogP contribution in [0.2, 0.25) is 25.1 Å². The second-order valence-electron chi connectivity index (χ2n) is 6.18. The molecule has 0 unspecified atom stereocenters. The molecule has 6 nitrogen and oxygen atoms in total. The molecule has 0 saturated carbocycles. The lowest BCUT2D eigenvalue weighted by Gasteiger charge is -2.18. The molecule has 2 aromatic rings. The lowest BCUT2D eigenvalue weighted by molar-refractivity contribution is -0.139. The molecule has 0 spiro atoms. The Balaban J connectivity index is 2.48. The summed E-state index contributed by atoms with van der Waals surface area (Å²) in [4.78, 5) is 22.4. The largest absolute Gasteiger partial charge is 0.506 e. The van der Waals surface area contributed by atoms with E-state index in [0.717, 1.165) is 0 Å². The minimum Gasteiger partial charge on any atom is -0.506 e. The van der Waals surface area contributed by atoms with Crippen LogP contribution in [0.4, 0.5) is 5.69 Å². The number of carboxylic acids is 1. The van der Waals surface area contributed by atoms with Gasteiger partial charge in [0.15, 0.2) is 5.75 Å². The summed E-state index contributed by atoms with van der Waals surface area (Å²) in [6.45, 7) is 3.72. The number of benzene rings is 2. The van der Waals surface area contributed by atoms with Crippen molar-refractivity contribution in [2.24, 2.45) is 0 Å². The Hall–Kier alpha value is -1.57. The molecule has 0 aliphatic heterocycles. The molecule has 0 fully saturated rings. The molecule has 11 heteroatoms. The number of amides is 1. The van der Waals surface area contributed by atoms with Gasteiger partial charge in [-0.05, 0) is 12.0 Å². The van der Waals surface area contributed by atoms with E-state index in [4.69, 9.17) is 67.8 Å². The Morgan fingerprint density at radius 1 is 1.03 bits per heavy atom. The van der Waals surface area contributed by atoms with Crippen LogP contribution in [0.3, 0.4) is 0 Å². The van der Waals surface area contributed by atoms with Crippen LogP contribution in [-0.2, 0) is 9.59 Å². The lowest BCUT2D eigenvalue weighted by Crippen LogP contribution is -2.16. The van der Waals surface area contributed by atoms with Crippen molar-refractivity contribution >= 4 is 75.6 Å². The van der Waals surface area contributed by atoms with Crippen LogP contribution < -0.4 is 10.1 Å². The number of carbonyl (C=O) groups is 2. The average molecular weight is 502 g/mol. The molecule has 0 bridgehead atoms. The first-order valence-electron chi connectivity index (χ1n) is 8.01. The molecule has 3 N–H and O–H groups in total. The van der Waals surface area contributed by atoms with E-state index in [1.165, 1.54) is 6.07 Å². The van der Waals surface area contributed by atoms with Crippen LogP contribution in [0.5, 0.6) is 17.2 Å². The highest BCUT2D eigenvalue weighted by atomic mass is 35.5. The van der Waals surface area contributed by atoms with Gasteiger partial charge in [-0.3, -0.25) is 9.59 Å². The van der Waals surface area contributed by atoms with Crippen LogP contribution in [0.15, 0.2) is 12.1 Å². The zero-order valence-corrected chi connectivity index (χ0v) is 18.7. The average Bonchev–Trinajstić information content (AvgIpc) is 2.62. The second kappa shape index (κ2) is 9.49. The summed E-state index contributed by atoms with van der Waals surface area (Å²) in [6.07, 6.45) is -0.801. The smallest absolute Gasteiger partial charge is 0.312 e. The maximum absolute atomic E-state index is 11.7. The number of rotatable bonds is 6. The second-order valence-corrected chi connectivity index (χ2v) is 8.10. The fourth-order valence-corrected chi connectivity index (χ4v) is 3.57. The SMILES string of the molecule is CC(C)c1cc(Oc2c(Cl)c(Cl)c(NC(=O)CC(=O)O)c(Cl)c2Cl)cc(Cl)c1O. The number of carbonyl (C=O) groups excluding carboxylic acids is 1. The number of phenols is 1. The van der Waals surface area contributed by atoms with Crippen molar-refractivity contribution in [2.45, 2.75) is 26.2 Å². The number of hydrogen-bond acceptors (Lipinski definition) is 4. The van der Waals surface area contributed by atoms with Crippen LogP contribution >= 0.6 is 58.0 Å². The van der Waals surface area contributed by atoms with Gasteiger partial charge in [-0.25, -0.2) is 0 Å². The van der Waals surface area contributed by atoms with E-state index in [0.29, 0.717) is 5.56 Å². The van der Waals surface area contributed by atoms with Gasteiger partial charge < -0.3 is 20.3 Å². The Labute approximate surface area is 191 Å². The third-order valence-electron chi connectivity index (χ3n) is 3.71. The number of nitrogens with one attached hydrogen (secondary N) is 1. The number of hydrogen-bond donors (Lipinski definition) is 3. The highest BCUT2D eigenvalue weighted by Crippen LogP contribution is 2.50. The van der Waals surface area contributed by atoms with E-state index >= 15 is 0 Å². The minimum absolute atomic E-state index is 0.0546. The molecule has 2 aromatic carbocycles. The summed E-state index contributed by atoms with van der Waals surface area (Å²) >= 11 is 30.9. The summed E-state index contributed by atoms with van der Waals surface area (Å²) in [5.74, 6) is -2.21. The van der Waals surface area contributed by atoms with Gasteiger partial charge in [0.2, 0.25) is 5.91 Å². The predicted octanol–water partition coefficient (Wildman–Crippen LogP) is 6.99. The summed E-state index contributed by atoms with van der Waals surface area (Å²) < 4.78 is 5.72. The predicted molar refractivity (Wildman–Crippen MR) is 115 cm³/mol. The summed E-state index contributed by atoms with van der Waals surface area (Å²) in [7, 11) is 0. The Kier molecular flexibility index (Phi) is 7.76. The molecule has 1 amide bonds. The van der Waals surface area contributed by atoms with Gasteiger partial charge in [-0.2, -0.15) is 0 Å². The molecule has 29 heavy (non-hydrogen) atoms. The highest BCUT2D eigenvalue weighted by molar-refractivity contribution is 6.52. The normalized spacial score (nSPS) is 10.9. The van der Waals surface area contributed by atoms with Gasteiger partial charge in [-0.1, -0.05) is 71.9 Å². The molecule has 0 aromatic heterocycles. The van der Waals surface area contributed by atoms with E-state index in [2.05, 4.69) is 5.32 Å². The zero-order valence-electron chi connectivity index (χ0n) is 14.9. The molecule has 0 saturated heterocycles. The topological polar surface area (TPSA) is 95.9 Å². The van der Waals surface area contributed by atoms with Crippen molar-refractivity contribution in [2.75, 3.05) is 5.32 Å². The fraction of sp³-hybridized carbons (Fsp3) is 0.222. The molecule has 0 heterocycles.